The fraction of sp³-hybridized carbons (Fsp3) is 0.526. The van der Waals surface area contributed by atoms with E-state index >= 15 is 0 Å². The summed E-state index contributed by atoms with van der Waals surface area (Å²) in [5.74, 6) is -0.173. The van der Waals surface area contributed by atoms with E-state index in [4.69, 9.17) is 4.74 Å². The van der Waals surface area contributed by atoms with Crippen molar-refractivity contribution in [3.05, 3.63) is 34.9 Å². The van der Waals surface area contributed by atoms with E-state index in [1.165, 1.54) is 29.4 Å². The lowest BCUT2D eigenvalue weighted by Gasteiger charge is -2.46. The molecule has 3 nitrogen and oxygen atoms in total. The first-order chi connectivity index (χ1) is 10.2. The Labute approximate surface area is 134 Å². The summed E-state index contributed by atoms with van der Waals surface area (Å²) in [6.07, 6.45) is 2.96. The molecule has 22 heavy (non-hydrogen) atoms. The number of carbonyl (C=O) groups excluding carboxylic acids is 1. The maximum atomic E-state index is 12.3. The van der Waals surface area contributed by atoms with Gasteiger partial charge in [0.2, 0.25) is 0 Å². The molecule has 120 valence electrons. The molecule has 0 bridgehead atoms. The van der Waals surface area contributed by atoms with Crippen LogP contribution in [0.25, 0.3) is 5.57 Å². The van der Waals surface area contributed by atoms with Crippen LogP contribution in [0.4, 0.5) is 5.69 Å². The van der Waals surface area contributed by atoms with Crippen LogP contribution in [-0.4, -0.2) is 24.7 Å². The van der Waals surface area contributed by atoms with Crippen molar-refractivity contribution < 1.29 is 9.53 Å². The fourth-order valence-electron chi connectivity index (χ4n) is 3.46. The number of fused-ring (bicyclic) bond motifs is 1. The van der Waals surface area contributed by atoms with Crippen molar-refractivity contribution in [2.75, 3.05) is 12.0 Å². The third-order valence-electron chi connectivity index (χ3n) is 4.66. The Morgan fingerprint density at radius 1 is 1.23 bits per heavy atom. The lowest BCUT2D eigenvalue weighted by atomic mass is 9.85. The van der Waals surface area contributed by atoms with Gasteiger partial charge in [0.1, 0.15) is 6.04 Å². The molecule has 1 aliphatic rings. The van der Waals surface area contributed by atoms with Crippen molar-refractivity contribution in [3.63, 3.8) is 0 Å². The van der Waals surface area contributed by atoms with Gasteiger partial charge in [0.15, 0.2) is 0 Å². The molecule has 1 aromatic carbocycles. The summed E-state index contributed by atoms with van der Waals surface area (Å²) in [7, 11) is 1.46. The van der Waals surface area contributed by atoms with Gasteiger partial charge >= 0.3 is 5.97 Å². The number of aryl methyl sites for hydroxylation is 2. The average molecular weight is 301 g/mol. The SMILES string of the molecule is CCC(C(=O)OC)N1c2cc(C)c(C)cc2C(C)=CC1(C)C. The number of esters is 1. The molecule has 0 N–H and O–H groups in total. The van der Waals surface area contributed by atoms with Crippen LogP contribution in [0, 0.1) is 13.8 Å². The average Bonchev–Trinajstić information content (AvgIpc) is 2.44. The fourth-order valence-corrected chi connectivity index (χ4v) is 3.46. The molecule has 1 atom stereocenters. The smallest absolute Gasteiger partial charge is 0.328 e. The molecular formula is C19H27NO2. The highest BCUT2D eigenvalue weighted by molar-refractivity contribution is 5.88. The summed E-state index contributed by atoms with van der Waals surface area (Å²) in [6.45, 7) is 12.7. The minimum absolute atomic E-state index is 0.173. The van der Waals surface area contributed by atoms with Crippen molar-refractivity contribution in [1.82, 2.24) is 0 Å². The van der Waals surface area contributed by atoms with Gasteiger partial charge < -0.3 is 9.64 Å². The zero-order valence-corrected chi connectivity index (χ0v) is 14.8. The second-order valence-corrected chi connectivity index (χ2v) is 6.75. The van der Waals surface area contributed by atoms with E-state index in [0.29, 0.717) is 0 Å². The molecule has 0 fully saturated rings. The molecule has 1 aromatic rings. The number of allylic oxidation sites excluding steroid dienone is 1. The molecule has 1 aliphatic heterocycles. The van der Waals surface area contributed by atoms with Gasteiger partial charge in [0.05, 0.1) is 12.6 Å². The summed E-state index contributed by atoms with van der Waals surface area (Å²) >= 11 is 0. The second kappa shape index (κ2) is 5.79. The molecule has 2 rings (SSSR count). The number of methoxy groups -OCH3 is 1. The number of carbonyl (C=O) groups is 1. The van der Waals surface area contributed by atoms with E-state index in [1.54, 1.807) is 0 Å². The number of rotatable bonds is 3. The Hall–Kier alpha value is -1.77. The van der Waals surface area contributed by atoms with Crippen LogP contribution in [0.15, 0.2) is 18.2 Å². The molecule has 1 heterocycles. The quantitative estimate of drug-likeness (QED) is 0.781. The van der Waals surface area contributed by atoms with E-state index in [0.717, 1.165) is 12.1 Å². The summed E-state index contributed by atoms with van der Waals surface area (Å²) in [4.78, 5) is 14.5. The maximum Gasteiger partial charge on any atom is 0.328 e. The van der Waals surface area contributed by atoms with Crippen molar-refractivity contribution >= 4 is 17.2 Å². The number of anilines is 1. The van der Waals surface area contributed by atoms with Gasteiger partial charge in [-0.1, -0.05) is 13.0 Å². The minimum atomic E-state index is -0.273. The van der Waals surface area contributed by atoms with Crippen LogP contribution < -0.4 is 4.90 Å². The Bertz CT molecular complexity index is 629. The molecular weight excluding hydrogens is 274 g/mol. The minimum Gasteiger partial charge on any atom is -0.467 e. The van der Waals surface area contributed by atoms with Gasteiger partial charge in [-0.25, -0.2) is 4.79 Å². The monoisotopic (exact) mass is 301 g/mol. The first-order valence-electron chi connectivity index (χ1n) is 7.91. The van der Waals surface area contributed by atoms with Gasteiger partial charge in [0, 0.05) is 11.3 Å². The largest absolute Gasteiger partial charge is 0.467 e. The number of benzene rings is 1. The Morgan fingerprint density at radius 3 is 2.36 bits per heavy atom. The molecule has 0 aromatic heterocycles. The predicted octanol–water partition coefficient (Wildman–Crippen LogP) is 4.26. The third-order valence-corrected chi connectivity index (χ3v) is 4.66. The molecule has 0 amide bonds. The van der Waals surface area contributed by atoms with Crippen molar-refractivity contribution in [2.45, 2.75) is 59.5 Å². The lowest BCUT2D eigenvalue weighted by Crippen LogP contribution is -2.54. The van der Waals surface area contributed by atoms with E-state index < -0.39 is 0 Å². The summed E-state index contributed by atoms with van der Waals surface area (Å²) in [5.41, 5.74) is 5.90. The zero-order valence-electron chi connectivity index (χ0n) is 14.8. The van der Waals surface area contributed by atoms with Crippen LogP contribution >= 0.6 is 0 Å². The Kier molecular flexibility index (Phi) is 4.37. The summed E-state index contributed by atoms with van der Waals surface area (Å²) < 4.78 is 5.04. The summed E-state index contributed by atoms with van der Waals surface area (Å²) in [5, 5.41) is 0. The van der Waals surface area contributed by atoms with E-state index in [2.05, 4.69) is 57.7 Å². The highest BCUT2D eigenvalue weighted by atomic mass is 16.5. The van der Waals surface area contributed by atoms with Crippen molar-refractivity contribution in [1.29, 1.82) is 0 Å². The maximum absolute atomic E-state index is 12.3. The molecule has 0 aliphatic carbocycles. The third kappa shape index (κ3) is 2.65. The predicted molar refractivity (Wildman–Crippen MR) is 92.2 cm³/mol. The van der Waals surface area contributed by atoms with E-state index in [-0.39, 0.29) is 17.6 Å². The van der Waals surface area contributed by atoms with Gasteiger partial charge in [-0.05, 0) is 69.9 Å². The zero-order chi connectivity index (χ0) is 16.7. The number of ether oxygens (including phenoxy) is 1. The van der Waals surface area contributed by atoms with E-state index in [9.17, 15) is 4.79 Å². The summed E-state index contributed by atoms with van der Waals surface area (Å²) in [6, 6.07) is 4.15. The molecule has 0 saturated carbocycles. The van der Waals surface area contributed by atoms with Gasteiger partial charge in [0.25, 0.3) is 0 Å². The molecule has 0 radical (unpaired) electrons. The van der Waals surface area contributed by atoms with Crippen LogP contribution in [0.5, 0.6) is 0 Å². The number of nitrogens with zero attached hydrogens (tertiary/aromatic N) is 1. The van der Waals surface area contributed by atoms with Crippen LogP contribution in [0.3, 0.4) is 0 Å². The van der Waals surface area contributed by atoms with E-state index in [1.807, 2.05) is 6.92 Å². The van der Waals surface area contributed by atoms with Crippen molar-refractivity contribution in [2.24, 2.45) is 0 Å². The highest BCUT2D eigenvalue weighted by Crippen LogP contribution is 2.42. The lowest BCUT2D eigenvalue weighted by molar-refractivity contribution is -0.142. The van der Waals surface area contributed by atoms with Crippen LogP contribution in [-0.2, 0) is 9.53 Å². The van der Waals surface area contributed by atoms with Crippen LogP contribution in [0.1, 0.15) is 50.8 Å². The number of hydrogen-bond donors (Lipinski definition) is 0. The van der Waals surface area contributed by atoms with Crippen molar-refractivity contribution in [3.8, 4) is 0 Å². The van der Waals surface area contributed by atoms with Gasteiger partial charge in [-0.15, -0.1) is 0 Å². The topological polar surface area (TPSA) is 29.5 Å². The first-order valence-corrected chi connectivity index (χ1v) is 7.91. The molecule has 0 spiro atoms. The Balaban J connectivity index is 2.68. The van der Waals surface area contributed by atoms with Gasteiger partial charge in [-0.2, -0.15) is 0 Å². The number of hydrogen-bond acceptors (Lipinski definition) is 3. The van der Waals surface area contributed by atoms with Gasteiger partial charge in [-0.3, -0.25) is 0 Å². The Morgan fingerprint density at radius 2 is 1.82 bits per heavy atom. The highest BCUT2D eigenvalue weighted by Gasteiger charge is 2.39. The second-order valence-electron chi connectivity index (χ2n) is 6.75. The molecule has 0 saturated heterocycles. The normalized spacial score (nSPS) is 17.6. The first kappa shape index (κ1) is 16.6. The molecule has 3 heteroatoms. The standard InChI is InChI=1S/C19H27NO2/c1-8-16(18(21)22-7)20-17-10-13(3)12(2)9-15(17)14(4)11-19(20,5)6/h9-11,16H,8H2,1-7H3. The van der Waals surface area contributed by atoms with Crippen LogP contribution in [0.2, 0.25) is 0 Å². The molecule has 1 unspecified atom stereocenters.